The lowest BCUT2D eigenvalue weighted by molar-refractivity contribution is -0.149. The first-order chi connectivity index (χ1) is 9.23. The van der Waals surface area contributed by atoms with E-state index in [0.717, 1.165) is 31.9 Å². The maximum atomic E-state index is 6.13. The Morgan fingerprint density at radius 1 is 1.37 bits per heavy atom. The van der Waals surface area contributed by atoms with Gasteiger partial charge in [0.15, 0.2) is 5.79 Å². The van der Waals surface area contributed by atoms with Crippen LogP contribution in [0.3, 0.4) is 0 Å². The van der Waals surface area contributed by atoms with Crippen molar-refractivity contribution >= 4 is 5.84 Å². The molecule has 0 saturated carbocycles. The zero-order valence-electron chi connectivity index (χ0n) is 11.9. The molecule has 3 aliphatic heterocycles. The van der Waals surface area contributed by atoms with Crippen LogP contribution in [0.25, 0.3) is 0 Å². The molecule has 5 nitrogen and oxygen atoms in total. The van der Waals surface area contributed by atoms with Gasteiger partial charge in [-0.15, -0.1) is 0 Å². The number of ether oxygens (including phenoxy) is 2. The Hall–Kier alpha value is -0.650. The molecule has 0 radical (unpaired) electrons. The molecule has 0 unspecified atom stereocenters. The van der Waals surface area contributed by atoms with Crippen molar-refractivity contribution in [1.29, 1.82) is 0 Å². The fourth-order valence-corrected chi connectivity index (χ4v) is 3.17. The maximum absolute atomic E-state index is 6.13. The van der Waals surface area contributed by atoms with E-state index in [9.17, 15) is 0 Å². The van der Waals surface area contributed by atoms with Gasteiger partial charge in [-0.25, -0.2) is 0 Å². The second kappa shape index (κ2) is 5.77. The van der Waals surface area contributed by atoms with E-state index in [0.29, 0.717) is 6.61 Å². The van der Waals surface area contributed by atoms with Crippen molar-refractivity contribution in [2.75, 3.05) is 39.3 Å². The molecule has 0 amide bonds. The number of amidine groups is 1. The lowest BCUT2D eigenvalue weighted by atomic mass is 10.1. The van der Waals surface area contributed by atoms with Crippen molar-refractivity contribution in [3.05, 3.63) is 0 Å². The Morgan fingerprint density at radius 3 is 2.95 bits per heavy atom. The Morgan fingerprint density at radius 2 is 2.21 bits per heavy atom. The molecule has 3 heterocycles. The Bertz CT molecular complexity index is 342. The van der Waals surface area contributed by atoms with E-state index < -0.39 is 5.79 Å². The number of piperidine rings is 1. The fraction of sp³-hybridized carbons (Fsp3) is 0.929. The third-order valence-corrected chi connectivity index (χ3v) is 4.13. The molecular formula is C14H25N3O2. The second-order valence-electron chi connectivity index (χ2n) is 5.98. The van der Waals surface area contributed by atoms with Crippen LogP contribution in [0.2, 0.25) is 0 Å². The van der Waals surface area contributed by atoms with Gasteiger partial charge in [0, 0.05) is 13.1 Å². The van der Waals surface area contributed by atoms with Crippen molar-refractivity contribution < 1.29 is 9.47 Å². The van der Waals surface area contributed by atoms with Gasteiger partial charge in [0.2, 0.25) is 0 Å². The van der Waals surface area contributed by atoms with E-state index in [1.54, 1.807) is 0 Å². The molecule has 0 aromatic rings. The molecule has 2 atom stereocenters. The summed E-state index contributed by atoms with van der Waals surface area (Å²) in [5, 5.41) is 3.28. The Labute approximate surface area is 115 Å². The molecule has 0 aromatic heterocycles. The summed E-state index contributed by atoms with van der Waals surface area (Å²) >= 11 is 0. The van der Waals surface area contributed by atoms with Gasteiger partial charge in [0.05, 0.1) is 25.7 Å². The van der Waals surface area contributed by atoms with Crippen molar-refractivity contribution in [2.45, 2.75) is 44.5 Å². The minimum Gasteiger partial charge on any atom is -0.372 e. The largest absolute Gasteiger partial charge is 0.372 e. The van der Waals surface area contributed by atoms with Gasteiger partial charge in [-0.1, -0.05) is 6.42 Å². The highest BCUT2D eigenvalue weighted by Crippen LogP contribution is 2.28. The lowest BCUT2D eigenvalue weighted by Gasteiger charge is -2.29. The summed E-state index contributed by atoms with van der Waals surface area (Å²) in [7, 11) is 0. The minimum absolute atomic E-state index is 0.213. The molecule has 19 heavy (non-hydrogen) atoms. The SMILES string of the molecule is C[C@@]1(CC2=NCCN2)OC[C@H](CN2CCCCC2)O1. The summed E-state index contributed by atoms with van der Waals surface area (Å²) in [5.74, 6) is 0.539. The van der Waals surface area contributed by atoms with Gasteiger partial charge >= 0.3 is 0 Å². The van der Waals surface area contributed by atoms with Crippen molar-refractivity contribution in [1.82, 2.24) is 10.2 Å². The molecule has 0 spiro atoms. The second-order valence-corrected chi connectivity index (χ2v) is 5.98. The molecule has 0 aromatic carbocycles. The van der Waals surface area contributed by atoms with Crippen molar-refractivity contribution in [2.24, 2.45) is 4.99 Å². The van der Waals surface area contributed by atoms with E-state index in [2.05, 4.69) is 15.2 Å². The molecule has 0 aliphatic carbocycles. The predicted molar refractivity (Wildman–Crippen MR) is 74.4 cm³/mol. The third-order valence-electron chi connectivity index (χ3n) is 4.13. The summed E-state index contributed by atoms with van der Waals surface area (Å²) in [5.41, 5.74) is 0. The number of likely N-dealkylation sites (tertiary alicyclic amines) is 1. The van der Waals surface area contributed by atoms with Gasteiger partial charge in [0.25, 0.3) is 0 Å². The van der Waals surface area contributed by atoms with Crippen LogP contribution < -0.4 is 5.32 Å². The van der Waals surface area contributed by atoms with Gasteiger partial charge in [-0.2, -0.15) is 0 Å². The molecule has 3 aliphatic rings. The fourth-order valence-electron chi connectivity index (χ4n) is 3.17. The van der Waals surface area contributed by atoms with Crippen LogP contribution in [0.1, 0.15) is 32.6 Å². The molecule has 2 fully saturated rings. The topological polar surface area (TPSA) is 46.1 Å². The number of nitrogens with one attached hydrogen (secondary N) is 1. The van der Waals surface area contributed by atoms with Crippen LogP contribution >= 0.6 is 0 Å². The van der Waals surface area contributed by atoms with Crippen LogP contribution in [0, 0.1) is 0 Å². The zero-order valence-corrected chi connectivity index (χ0v) is 11.9. The summed E-state index contributed by atoms with van der Waals surface area (Å²) in [6.45, 7) is 8.00. The number of rotatable bonds is 4. The van der Waals surface area contributed by atoms with E-state index >= 15 is 0 Å². The zero-order chi connectivity index (χ0) is 13.1. The number of aliphatic imine (C=N–C) groups is 1. The predicted octanol–water partition coefficient (Wildman–Crippen LogP) is 0.996. The average Bonchev–Trinajstić information content (AvgIpc) is 3.02. The molecule has 0 bridgehead atoms. The van der Waals surface area contributed by atoms with E-state index in [1.807, 2.05) is 6.92 Å². The maximum Gasteiger partial charge on any atom is 0.173 e. The number of nitrogens with zero attached hydrogens (tertiary/aromatic N) is 2. The highest BCUT2D eigenvalue weighted by atomic mass is 16.7. The first-order valence-corrected chi connectivity index (χ1v) is 7.55. The third kappa shape index (κ3) is 3.46. The van der Waals surface area contributed by atoms with Gasteiger partial charge in [-0.05, 0) is 32.9 Å². The van der Waals surface area contributed by atoms with E-state index in [-0.39, 0.29) is 6.10 Å². The highest BCUT2D eigenvalue weighted by Gasteiger charge is 2.39. The molecule has 108 valence electrons. The van der Waals surface area contributed by atoms with Crippen LogP contribution in [-0.4, -0.2) is 62.0 Å². The average molecular weight is 267 g/mol. The first-order valence-electron chi connectivity index (χ1n) is 7.55. The quantitative estimate of drug-likeness (QED) is 0.825. The standard InChI is InChI=1S/C14H25N3O2/c1-14(9-13-15-5-6-16-13)18-11-12(19-14)10-17-7-3-2-4-8-17/h12H,2-11H2,1H3,(H,15,16)/t12-,14+/m0/s1. The minimum atomic E-state index is -0.489. The number of hydrogen-bond donors (Lipinski definition) is 1. The van der Waals surface area contributed by atoms with E-state index in [1.165, 1.54) is 32.4 Å². The van der Waals surface area contributed by atoms with Crippen molar-refractivity contribution in [3.8, 4) is 0 Å². The lowest BCUT2D eigenvalue weighted by Crippen LogP contribution is -2.39. The molecule has 2 saturated heterocycles. The van der Waals surface area contributed by atoms with Crippen LogP contribution in [0.5, 0.6) is 0 Å². The van der Waals surface area contributed by atoms with Gasteiger partial charge in [-0.3, -0.25) is 4.99 Å². The summed E-state index contributed by atoms with van der Waals surface area (Å²) in [6.07, 6.45) is 4.98. The van der Waals surface area contributed by atoms with Crippen LogP contribution in [0.4, 0.5) is 0 Å². The highest BCUT2D eigenvalue weighted by molar-refractivity contribution is 5.84. The Balaban J connectivity index is 1.48. The first kappa shape index (κ1) is 13.3. The van der Waals surface area contributed by atoms with E-state index in [4.69, 9.17) is 9.47 Å². The molecular weight excluding hydrogens is 242 g/mol. The molecule has 3 rings (SSSR count). The normalized spacial score (nSPS) is 36.3. The smallest absolute Gasteiger partial charge is 0.173 e. The monoisotopic (exact) mass is 267 g/mol. The Kier molecular flexibility index (Phi) is 4.05. The van der Waals surface area contributed by atoms with Crippen LogP contribution in [-0.2, 0) is 9.47 Å². The van der Waals surface area contributed by atoms with Crippen molar-refractivity contribution in [3.63, 3.8) is 0 Å². The summed E-state index contributed by atoms with van der Waals surface area (Å²) in [6, 6.07) is 0. The van der Waals surface area contributed by atoms with Crippen LogP contribution in [0.15, 0.2) is 4.99 Å². The summed E-state index contributed by atoms with van der Waals surface area (Å²) in [4.78, 5) is 6.93. The molecule has 1 N–H and O–H groups in total. The molecule has 5 heteroatoms. The van der Waals surface area contributed by atoms with Gasteiger partial charge in [0.1, 0.15) is 5.84 Å². The van der Waals surface area contributed by atoms with Gasteiger partial charge < -0.3 is 19.7 Å². The number of hydrogen-bond acceptors (Lipinski definition) is 5. The summed E-state index contributed by atoms with van der Waals surface area (Å²) < 4.78 is 12.0.